The van der Waals surface area contributed by atoms with Gasteiger partial charge in [0.25, 0.3) is 5.91 Å². The highest BCUT2D eigenvalue weighted by Crippen LogP contribution is 2.26. The van der Waals surface area contributed by atoms with E-state index in [9.17, 15) is 4.79 Å². The molecule has 2 aromatic carbocycles. The lowest BCUT2D eigenvalue weighted by Gasteiger charge is -2.26. The Morgan fingerprint density at radius 2 is 1.92 bits per heavy atom. The van der Waals surface area contributed by atoms with Gasteiger partial charge in [-0.2, -0.15) is 0 Å². The van der Waals surface area contributed by atoms with Crippen molar-refractivity contribution in [3.05, 3.63) is 63.6 Å². The fourth-order valence-corrected chi connectivity index (χ4v) is 3.07. The van der Waals surface area contributed by atoms with Gasteiger partial charge in [-0.3, -0.25) is 9.69 Å². The molecule has 0 unspecified atom stereocenters. The van der Waals surface area contributed by atoms with Crippen molar-refractivity contribution in [3.63, 3.8) is 0 Å². The van der Waals surface area contributed by atoms with E-state index in [0.717, 1.165) is 38.4 Å². The number of nitrogens with zero attached hydrogens (tertiary/aromatic N) is 1. The van der Waals surface area contributed by atoms with E-state index in [0.29, 0.717) is 21.3 Å². The lowest BCUT2D eigenvalue weighted by Crippen LogP contribution is -2.35. The summed E-state index contributed by atoms with van der Waals surface area (Å²) in [5.74, 6) is -0.192. The summed E-state index contributed by atoms with van der Waals surface area (Å²) < 4.78 is 5.36. The summed E-state index contributed by atoms with van der Waals surface area (Å²) in [6.07, 6.45) is 0. The summed E-state index contributed by atoms with van der Waals surface area (Å²) in [5, 5.41) is 3.77. The zero-order valence-corrected chi connectivity index (χ0v) is 14.6. The number of morpholine rings is 1. The molecule has 24 heavy (non-hydrogen) atoms. The van der Waals surface area contributed by atoms with Crippen LogP contribution in [0.15, 0.2) is 42.5 Å². The van der Waals surface area contributed by atoms with Crippen LogP contribution in [0.25, 0.3) is 0 Å². The number of halogens is 2. The number of benzene rings is 2. The number of rotatable bonds is 4. The summed E-state index contributed by atoms with van der Waals surface area (Å²) in [7, 11) is 0. The highest BCUT2D eigenvalue weighted by molar-refractivity contribution is 6.36. The number of carbonyl (C=O) groups is 1. The van der Waals surface area contributed by atoms with Crippen LogP contribution in [0.3, 0.4) is 0 Å². The second kappa shape index (κ2) is 7.99. The molecular weight excluding hydrogens is 347 g/mol. The van der Waals surface area contributed by atoms with Gasteiger partial charge in [-0.05, 0) is 35.9 Å². The largest absolute Gasteiger partial charge is 0.379 e. The van der Waals surface area contributed by atoms with Gasteiger partial charge in [0.2, 0.25) is 0 Å². The molecule has 0 atom stereocenters. The fourth-order valence-electron chi connectivity index (χ4n) is 2.61. The average molecular weight is 365 g/mol. The van der Waals surface area contributed by atoms with E-state index in [-0.39, 0.29) is 5.91 Å². The van der Waals surface area contributed by atoms with Crippen molar-refractivity contribution in [1.82, 2.24) is 4.90 Å². The monoisotopic (exact) mass is 364 g/mol. The van der Waals surface area contributed by atoms with Crippen LogP contribution in [0.1, 0.15) is 15.9 Å². The predicted octanol–water partition coefficient (Wildman–Crippen LogP) is 4.08. The highest BCUT2D eigenvalue weighted by atomic mass is 35.5. The molecule has 0 spiro atoms. The molecule has 2 aromatic rings. The molecular formula is C18H18Cl2N2O2. The summed E-state index contributed by atoms with van der Waals surface area (Å²) in [6, 6.07) is 12.6. The van der Waals surface area contributed by atoms with Crippen molar-refractivity contribution < 1.29 is 9.53 Å². The number of hydrogen-bond acceptors (Lipinski definition) is 3. The quantitative estimate of drug-likeness (QED) is 0.888. The smallest absolute Gasteiger partial charge is 0.255 e. The molecule has 1 aliphatic rings. The lowest BCUT2D eigenvalue weighted by atomic mass is 10.1. The van der Waals surface area contributed by atoms with Gasteiger partial charge in [-0.25, -0.2) is 0 Å². The van der Waals surface area contributed by atoms with Crippen LogP contribution in [-0.4, -0.2) is 37.1 Å². The summed E-state index contributed by atoms with van der Waals surface area (Å²) in [5.41, 5.74) is 2.25. The Labute approximate surface area is 151 Å². The summed E-state index contributed by atoms with van der Waals surface area (Å²) >= 11 is 12.0. The summed E-state index contributed by atoms with van der Waals surface area (Å²) in [4.78, 5) is 14.8. The standard InChI is InChI=1S/C18H18Cl2N2O2/c19-15-4-5-17(16(20)11-15)21-18(23)14-3-1-2-13(10-14)12-22-6-8-24-9-7-22/h1-5,10-11H,6-9,12H2,(H,21,23). The van der Waals surface area contributed by atoms with Crippen LogP contribution >= 0.6 is 23.2 Å². The van der Waals surface area contributed by atoms with Crippen LogP contribution in [0.4, 0.5) is 5.69 Å². The maximum absolute atomic E-state index is 12.5. The number of ether oxygens (including phenoxy) is 1. The third-order valence-electron chi connectivity index (χ3n) is 3.88. The maximum Gasteiger partial charge on any atom is 0.255 e. The molecule has 1 N–H and O–H groups in total. The van der Waals surface area contributed by atoms with Crippen molar-refractivity contribution in [2.45, 2.75) is 6.54 Å². The average Bonchev–Trinajstić information content (AvgIpc) is 2.58. The van der Waals surface area contributed by atoms with Crippen LogP contribution in [0.2, 0.25) is 10.0 Å². The number of hydrogen-bond donors (Lipinski definition) is 1. The van der Waals surface area contributed by atoms with E-state index in [4.69, 9.17) is 27.9 Å². The molecule has 1 heterocycles. The second-order valence-corrected chi connectivity index (χ2v) is 6.51. The van der Waals surface area contributed by atoms with Gasteiger partial charge in [-0.15, -0.1) is 0 Å². The van der Waals surface area contributed by atoms with Gasteiger partial charge in [0.1, 0.15) is 0 Å². The van der Waals surface area contributed by atoms with Crippen molar-refractivity contribution in [3.8, 4) is 0 Å². The Kier molecular flexibility index (Phi) is 5.74. The Morgan fingerprint density at radius 3 is 2.67 bits per heavy atom. The molecule has 1 fully saturated rings. The first-order chi connectivity index (χ1) is 11.6. The van der Waals surface area contributed by atoms with Crippen LogP contribution < -0.4 is 5.32 Å². The third-order valence-corrected chi connectivity index (χ3v) is 4.43. The predicted molar refractivity (Wildman–Crippen MR) is 97.0 cm³/mol. The molecule has 1 amide bonds. The zero-order valence-electron chi connectivity index (χ0n) is 13.1. The SMILES string of the molecule is O=C(Nc1ccc(Cl)cc1Cl)c1cccc(CN2CCOCC2)c1. The highest BCUT2D eigenvalue weighted by Gasteiger charge is 2.13. The van der Waals surface area contributed by atoms with Crippen molar-refractivity contribution in [2.75, 3.05) is 31.6 Å². The molecule has 0 radical (unpaired) electrons. The molecule has 0 aromatic heterocycles. The molecule has 126 valence electrons. The van der Waals surface area contributed by atoms with Gasteiger partial charge in [0, 0.05) is 30.2 Å². The minimum Gasteiger partial charge on any atom is -0.379 e. The normalized spacial score (nSPS) is 15.2. The Morgan fingerprint density at radius 1 is 1.12 bits per heavy atom. The first kappa shape index (κ1) is 17.2. The Hall–Kier alpha value is -1.59. The number of nitrogens with one attached hydrogen (secondary N) is 1. The second-order valence-electron chi connectivity index (χ2n) is 5.67. The van der Waals surface area contributed by atoms with E-state index >= 15 is 0 Å². The molecule has 0 bridgehead atoms. The first-order valence-electron chi connectivity index (χ1n) is 7.77. The molecule has 0 saturated carbocycles. The van der Waals surface area contributed by atoms with E-state index in [2.05, 4.69) is 10.2 Å². The maximum atomic E-state index is 12.5. The number of carbonyl (C=O) groups excluding carboxylic acids is 1. The molecule has 0 aliphatic carbocycles. The van der Waals surface area contributed by atoms with Gasteiger partial charge < -0.3 is 10.1 Å². The topological polar surface area (TPSA) is 41.6 Å². The van der Waals surface area contributed by atoms with Gasteiger partial charge in [0.05, 0.1) is 23.9 Å². The van der Waals surface area contributed by atoms with Crippen molar-refractivity contribution in [2.24, 2.45) is 0 Å². The minimum absolute atomic E-state index is 0.192. The zero-order chi connectivity index (χ0) is 16.9. The van der Waals surface area contributed by atoms with Gasteiger partial charge in [0.15, 0.2) is 0 Å². The first-order valence-corrected chi connectivity index (χ1v) is 8.53. The van der Waals surface area contributed by atoms with Crippen molar-refractivity contribution >= 4 is 34.8 Å². The Balaban J connectivity index is 1.69. The van der Waals surface area contributed by atoms with E-state index < -0.39 is 0 Å². The van der Waals surface area contributed by atoms with Crippen molar-refractivity contribution in [1.29, 1.82) is 0 Å². The third kappa shape index (κ3) is 4.48. The number of anilines is 1. The van der Waals surface area contributed by atoms with Crippen LogP contribution in [0.5, 0.6) is 0 Å². The molecule has 1 saturated heterocycles. The fraction of sp³-hybridized carbons (Fsp3) is 0.278. The van der Waals surface area contributed by atoms with E-state index in [1.165, 1.54) is 0 Å². The Bertz CT molecular complexity index is 731. The minimum atomic E-state index is -0.192. The summed E-state index contributed by atoms with van der Waals surface area (Å²) in [6.45, 7) is 4.16. The molecule has 3 rings (SSSR count). The molecule has 4 nitrogen and oxygen atoms in total. The van der Waals surface area contributed by atoms with Crippen LogP contribution in [-0.2, 0) is 11.3 Å². The van der Waals surface area contributed by atoms with E-state index in [1.54, 1.807) is 24.3 Å². The molecule has 6 heteroatoms. The molecule has 1 aliphatic heterocycles. The van der Waals surface area contributed by atoms with Gasteiger partial charge >= 0.3 is 0 Å². The van der Waals surface area contributed by atoms with Crippen LogP contribution in [0, 0.1) is 0 Å². The van der Waals surface area contributed by atoms with Gasteiger partial charge in [-0.1, -0.05) is 35.3 Å². The van der Waals surface area contributed by atoms with E-state index in [1.807, 2.05) is 18.2 Å². The lowest BCUT2D eigenvalue weighted by molar-refractivity contribution is 0.0342. The number of amides is 1.